The Morgan fingerprint density at radius 2 is 2.00 bits per heavy atom. The predicted molar refractivity (Wildman–Crippen MR) is 104 cm³/mol. The first-order valence-corrected chi connectivity index (χ1v) is 9.05. The molecule has 1 N–H and O–H groups in total. The fourth-order valence-electron chi connectivity index (χ4n) is 3.21. The quantitative estimate of drug-likeness (QED) is 0.793. The number of hydrogen-bond donors (Lipinski definition) is 1. The molecular formula is C21H24N4O2. The Morgan fingerprint density at radius 1 is 1.19 bits per heavy atom. The third kappa shape index (κ3) is 4.80. The van der Waals surface area contributed by atoms with Crippen LogP contribution in [0.3, 0.4) is 0 Å². The topological polar surface area (TPSA) is 65.5 Å². The van der Waals surface area contributed by atoms with Crippen LogP contribution in [0.25, 0.3) is 0 Å². The van der Waals surface area contributed by atoms with Crippen molar-refractivity contribution in [2.24, 2.45) is 0 Å². The smallest absolute Gasteiger partial charge is 0.256 e. The summed E-state index contributed by atoms with van der Waals surface area (Å²) >= 11 is 0. The van der Waals surface area contributed by atoms with E-state index in [0.717, 1.165) is 5.56 Å². The summed E-state index contributed by atoms with van der Waals surface area (Å²) in [6, 6.07) is 12.6. The Balaban J connectivity index is 1.73. The van der Waals surface area contributed by atoms with Crippen LogP contribution >= 0.6 is 0 Å². The van der Waals surface area contributed by atoms with E-state index in [2.05, 4.69) is 21.8 Å². The molecule has 1 aliphatic rings. The number of carbonyl (C=O) groups excluding carboxylic acids is 2. The summed E-state index contributed by atoms with van der Waals surface area (Å²) in [5.41, 5.74) is 1.52. The van der Waals surface area contributed by atoms with Gasteiger partial charge in [0.2, 0.25) is 5.91 Å². The van der Waals surface area contributed by atoms with Crippen LogP contribution in [0.15, 0.2) is 67.5 Å². The first-order valence-electron chi connectivity index (χ1n) is 9.05. The molecule has 1 saturated heterocycles. The summed E-state index contributed by atoms with van der Waals surface area (Å²) in [5.74, 6) is -0.314. The molecule has 1 aromatic heterocycles. The molecule has 2 aromatic rings. The highest BCUT2D eigenvalue weighted by molar-refractivity contribution is 5.97. The molecule has 1 atom stereocenters. The second-order valence-corrected chi connectivity index (χ2v) is 6.51. The summed E-state index contributed by atoms with van der Waals surface area (Å²) in [5, 5.41) is 2.97. The molecule has 1 unspecified atom stereocenters. The lowest BCUT2D eigenvalue weighted by molar-refractivity contribution is -0.127. The molecule has 2 amide bonds. The van der Waals surface area contributed by atoms with Crippen molar-refractivity contribution in [3.63, 3.8) is 0 Å². The van der Waals surface area contributed by atoms with E-state index in [0.29, 0.717) is 38.3 Å². The molecule has 3 rings (SSSR count). The van der Waals surface area contributed by atoms with Crippen molar-refractivity contribution >= 4 is 11.8 Å². The van der Waals surface area contributed by atoms with Crippen LogP contribution in [0.2, 0.25) is 0 Å². The molecule has 0 aliphatic carbocycles. The normalized spacial score (nSPS) is 17.3. The minimum absolute atomic E-state index is 0.148. The molecule has 27 heavy (non-hydrogen) atoms. The SMILES string of the molecule is C=CCN1CCN(C(=O)c2cccnc2)C(C(=O)NCc2ccccc2)C1. The van der Waals surface area contributed by atoms with Gasteiger partial charge in [-0.1, -0.05) is 36.4 Å². The van der Waals surface area contributed by atoms with Gasteiger partial charge in [-0.05, 0) is 17.7 Å². The van der Waals surface area contributed by atoms with Crippen LogP contribution < -0.4 is 5.32 Å². The van der Waals surface area contributed by atoms with Gasteiger partial charge in [-0.3, -0.25) is 19.5 Å². The van der Waals surface area contributed by atoms with Gasteiger partial charge in [0.05, 0.1) is 5.56 Å². The summed E-state index contributed by atoms with van der Waals surface area (Å²) in [4.78, 5) is 33.6. The number of nitrogens with one attached hydrogen (secondary N) is 1. The highest BCUT2D eigenvalue weighted by Gasteiger charge is 2.35. The largest absolute Gasteiger partial charge is 0.350 e. The minimum Gasteiger partial charge on any atom is -0.350 e. The van der Waals surface area contributed by atoms with Gasteiger partial charge in [-0.25, -0.2) is 0 Å². The maximum atomic E-state index is 12.9. The van der Waals surface area contributed by atoms with Crippen molar-refractivity contribution in [2.45, 2.75) is 12.6 Å². The summed E-state index contributed by atoms with van der Waals surface area (Å²) in [6.07, 6.45) is 4.98. The van der Waals surface area contributed by atoms with E-state index in [4.69, 9.17) is 0 Å². The number of pyridine rings is 1. The maximum absolute atomic E-state index is 12.9. The van der Waals surface area contributed by atoms with Crippen LogP contribution in [0.4, 0.5) is 0 Å². The molecule has 6 heteroatoms. The first-order chi connectivity index (χ1) is 13.2. The van der Waals surface area contributed by atoms with Gasteiger partial charge in [-0.15, -0.1) is 6.58 Å². The lowest BCUT2D eigenvalue weighted by Gasteiger charge is -2.40. The summed E-state index contributed by atoms with van der Waals surface area (Å²) in [6.45, 7) is 6.58. The van der Waals surface area contributed by atoms with E-state index >= 15 is 0 Å². The predicted octanol–water partition coefficient (Wildman–Crippen LogP) is 1.71. The standard InChI is InChI=1S/C21H24N4O2/c1-2-11-24-12-13-25(21(27)18-9-6-10-22-15-18)19(16-24)20(26)23-14-17-7-4-3-5-8-17/h2-10,15,19H,1,11-14,16H2,(H,23,26). The van der Waals surface area contributed by atoms with Gasteiger partial charge >= 0.3 is 0 Å². The van der Waals surface area contributed by atoms with Crippen LogP contribution in [0.1, 0.15) is 15.9 Å². The van der Waals surface area contributed by atoms with E-state index in [1.807, 2.05) is 36.4 Å². The van der Waals surface area contributed by atoms with Gasteiger partial charge in [0.25, 0.3) is 5.91 Å². The molecule has 2 heterocycles. The van der Waals surface area contributed by atoms with Crippen LogP contribution in [0.5, 0.6) is 0 Å². The zero-order chi connectivity index (χ0) is 19.1. The van der Waals surface area contributed by atoms with Gasteiger partial charge in [-0.2, -0.15) is 0 Å². The zero-order valence-corrected chi connectivity index (χ0v) is 15.3. The number of piperazine rings is 1. The Morgan fingerprint density at radius 3 is 2.70 bits per heavy atom. The summed E-state index contributed by atoms with van der Waals surface area (Å²) in [7, 11) is 0. The number of hydrogen-bond acceptors (Lipinski definition) is 4. The van der Waals surface area contributed by atoms with Crippen molar-refractivity contribution < 1.29 is 9.59 Å². The minimum atomic E-state index is -0.546. The van der Waals surface area contributed by atoms with Crippen molar-refractivity contribution in [3.8, 4) is 0 Å². The van der Waals surface area contributed by atoms with Crippen LogP contribution in [-0.2, 0) is 11.3 Å². The molecule has 0 saturated carbocycles. The second kappa shape index (κ2) is 9.09. The molecular weight excluding hydrogens is 340 g/mol. The number of amides is 2. The average Bonchev–Trinajstić information content (AvgIpc) is 2.73. The number of nitrogens with zero attached hydrogens (tertiary/aromatic N) is 3. The van der Waals surface area contributed by atoms with Gasteiger partial charge in [0, 0.05) is 45.1 Å². The average molecular weight is 364 g/mol. The zero-order valence-electron chi connectivity index (χ0n) is 15.3. The van der Waals surface area contributed by atoms with E-state index in [1.54, 1.807) is 23.2 Å². The molecule has 0 radical (unpaired) electrons. The lowest BCUT2D eigenvalue weighted by atomic mass is 10.1. The monoisotopic (exact) mass is 364 g/mol. The van der Waals surface area contributed by atoms with Crippen LogP contribution in [-0.4, -0.2) is 58.8 Å². The maximum Gasteiger partial charge on any atom is 0.256 e. The van der Waals surface area contributed by atoms with E-state index in [1.165, 1.54) is 6.20 Å². The van der Waals surface area contributed by atoms with Gasteiger partial charge in [0.15, 0.2) is 0 Å². The molecule has 1 fully saturated rings. The Kier molecular flexibility index (Phi) is 6.33. The third-order valence-electron chi connectivity index (χ3n) is 4.63. The second-order valence-electron chi connectivity index (χ2n) is 6.51. The van der Waals surface area contributed by atoms with E-state index < -0.39 is 6.04 Å². The van der Waals surface area contributed by atoms with Gasteiger partial charge < -0.3 is 10.2 Å². The van der Waals surface area contributed by atoms with Crippen molar-refractivity contribution in [1.29, 1.82) is 0 Å². The molecule has 0 bridgehead atoms. The van der Waals surface area contributed by atoms with Crippen LogP contribution in [0, 0.1) is 0 Å². The third-order valence-corrected chi connectivity index (χ3v) is 4.63. The van der Waals surface area contributed by atoms with Crippen molar-refractivity contribution in [1.82, 2.24) is 20.1 Å². The Hall–Kier alpha value is -2.99. The number of aromatic nitrogens is 1. The van der Waals surface area contributed by atoms with Gasteiger partial charge in [0.1, 0.15) is 6.04 Å². The lowest BCUT2D eigenvalue weighted by Crippen LogP contribution is -2.60. The van der Waals surface area contributed by atoms with Crippen molar-refractivity contribution in [3.05, 3.63) is 78.6 Å². The van der Waals surface area contributed by atoms with E-state index in [9.17, 15) is 9.59 Å². The summed E-state index contributed by atoms with van der Waals surface area (Å²) < 4.78 is 0. The fourth-order valence-corrected chi connectivity index (χ4v) is 3.21. The fraction of sp³-hybridized carbons (Fsp3) is 0.286. The molecule has 140 valence electrons. The number of rotatable bonds is 6. The molecule has 0 spiro atoms. The molecule has 1 aliphatic heterocycles. The Bertz CT molecular complexity index is 779. The van der Waals surface area contributed by atoms with Crippen molar-refractivity contribution in [2.75, 3.05) is 26.2 Å². The highest BCUT2D eigenvalue weighted by atomic mass is 16.2. The highest BCUT2D eigenvalue weighted by Crippen LogP contribution is 2.15. The Labute approximate surface area is 159 Å². The first kappa shape index (κ1) is 18.8. The molecule has 1 aromatic carbocycles. The molecule has 6 nitrogen and oxygen atoms in total. The van der Waals surface area contributed by atoms with E-state index in [-0.39, 0.29) is 11.8 Å². The number of carbonyl (C=O) groups is 2. The number of benzene rings is 1.